The second-order valence-corrected chi connectivity index (χ2v) is 8.34. The van der Waals surface area contributed by atoms with Gasteiger partial charge < -0.3 is 15.2 Å². The number of nitrogens with zero attached hydrogens (tertiary/aromatic N) is 3. The number of aryl methyl sites for hydroxylation is 1. The molecule has 2 N–H and O–H groups in total. The zero-order valence-electron chi connectivity index (χ0n) is 18.9. The Morgan fingerprint density at radius 2 is 1.97 bits per heavy atom. The predicted octanol–water partition coefficient (Wildman–Crippen LogP) is 4.80. The summed E-state index contributed by atoms with van der Waals surface area (Å²) < 4.78 is 5.59. The molecule has 4 rings (SSSR count). The van der Waals surface area contributed by atoms with Crippen LogP contribution in [0.3, 0.4) is 0 Å². The molecule has 6 nitrogen and oxygen atoms in total. The Morgan fingerprint density at radius 1 is 1.12 bits per heavy atom. The predicted molar refractivity (Wildman–Crippen MR) is 127 cm³/mol. The number of pyridine rings is 2. The number of likely N-dealkylation sites (tertiary alicyclic amines) is 1. The molecule has 32 heavy (non-hydrogen) atoms. The van der Waals surface area contributed by atoms with Crippen LogP contribution in [0, 0.1) is 6.92 Å². The molecule has 0 saturated carbocycles. The zero-order valence-corrected chi connectivity index (χ0v) is 18.9. The summed E-state index contributed by atoms with van der Waals surface area (Å²) in [5.74, 6) is 2.11. The minimum Gasteiger partial charge on any atom is -0.494 e. The molecule has 3 heterocycles. The van der Waals surface area contributed by atoms with Gasteiger partial charge in [-0.05, 0) is 81.7 Å². The van der Waals surface area contributed by atoms with Gasteiger partial charge in [-0.2, -0.15) is 0 Å². The summed E-state index contributed by atoms with van der Waals surface area (Å²) >= 11 is 0. The van der Waals surface area contributed by atoms with Gasteiger partial charge in [-0.25, -0.2) is 4.98 Å². The summed E-state index contributed by atoms with van der Waals surface area (Å²) in [5.41, 5.74) is 5.19. The number of ether oxygens (including phenoxy) is 1. The molecule has 0 unspecified atom stereocenters. The molecule has 0 amide bonds. The molecule has 0 atom stereocenters. The average Bonchev–Trinajstić information content (AvgIpc) is 2.81. The number of piperidine rings is 1. The van der Waals surface area contributed by atoms with Gasteiger partial charge >= 0.3 is 0 Å². The summed E-state index contributed by atoms with van der Waals surface area (Å²) in [5, 5.41) is 13.0. The van der Waals surface area contributed by atoms with Crippen molar-refractivity contribution in [2.75, 3.05) is 25.0 Å². The minimum atomic E-state index is 0.00170. The highest BCUT2D eigenvalue weighted by atomic mass is 16.5. The summed E-state index contributed by atoms with van der Waals surface area (Å²) in [6.45, 7) is 7.53. The molecule has 0 aliphatic carbocycles. The van der Waals surface area contributed by atoms with E-state index in [2.05, 4.69) is 39.5 Å². The van der Waals surface area contributed by atoms with Gasteiger partial charge in [0.2, 0.25) is 0 Å². The molecule has 3 aromatic rings. The van der Waals surface area contributed by atoms with Gasteiger partial charge in [0.25, 0.3) is 0 Å². The first kappa shape index (κ1) is 22.2. The molecule has 1 saturated heterocycles. The van der Waals surface area contributed by atoms with Gasteiger partial charge in [-0.1, -0.05) is 12.1 Å². The molecule has 0 radical (unpaired) electrons. The fourth-order valence-corrected chi connectivity index (χ4v) is 4.28. The summed E-state index contributed by atoms with van der Waals surface area (Å²) in [6.07, 6.45) is 4.11. The van der Waals surface area contributed by atoms with E-state index in [0.717, 1.165) is 66.7 Å². The topological polar surface area (TPSA) is 70.5 Å². The van der Waals surface area contributed by atoms with Crippen LogP contribution in [0.1, 0.15) is 48.2 Å². The Kier molecular flexibility index (Phi) is 7.35. The highest BCUT2D eigenvalue weighted by molar-refractivity contribution is 5.55. The van der Waals surface area contributed by atoms with Crippen LogP contribution in [0.25, 0.3) is 0 Å². The summed E-state index contributed by atoms with van der Waals surface area (Å²) in [6, 6.07) is 16.3. The van der Waals surface area contributed by atoms with E-state index in [-0.39, 0.29) is 6.61 Å². The van der Waals surface area contributed by atoms with Crippen molar-refractivity contribution in [3.05, 3.63) is 77.2 Å². The second kappa shape index (κ2) is 10.6. The quantitative estimate of drug-likeness (QED) is 0.533. The molecule has 168 valence electrons. The third-order valence-electron chi connectivity index (χ3n) is 5.95. The van der Waals surface area contributed by atoms with Crippen molar-refractivity contribution >= 4 is 11.5 Å². The Labute approximate surface area is 190 Å². The van der Waals surface area contributed by atoms with E-state index in [1.807, 2.05) is 44.3 Å². The van der Waals surface area contributed by atoms with E-state index < -0.39 is 0 Å². The number of aliphatic hydroxyl groups excluding tert-OH is 1. The molecule has 0 spiro atoms. The highest BCUT2D eigenvalue weighted by Gasteiger charge is 2.22. The Balaban J connectivity index is 1.31. The third kappa shape index (κ3) is 5.64. The molecule has 1 aliphatic rings. The van der Waals surface area contributed by atoms with Crippen LogP contribution in [0.4, 0.5) is 11.5 Å². The number of rotatable bonds is 8. The number of aromatic nitrogens is 2. The van der Waals surface area contributed by atoms with E-state index >= 15 is 0 Å². The fourth-order valence-electron chi connectivity index (χ4n) is 4.28. The van der Waals surface area contributed by atoms with Crippen molar-refractivity contribution in [3.63, 3.8) is 0 Å². The number of benzene rings is 1. The smallest absolute Gasteiger partial charge is 0.130 e. The third-order valence-corrected chi connectivity index (χ3v) is 5.95. The summed E-state index contributed by atoms with van der Waals surface area (Å²) in [4.78, 5) is 11.7. The Hall–Kier alpha value is -2.96. The first-order valence-corrected chi connectivity index (χ1v) is 11.4. The maximum atomic E-state index is 9.64. The van der Waals surface area contributed by atoms with Crippen LogP contribution in [0.15, 0.2) is 54.7 Å². The van der Waals surface area contributed by atoms with Gasteiger partial charge in [0.15, 0.2) is 0 Å². The highest BCUT2D eigenvalue weighted by Crippen LogP contribution is 2.29. The van der Waals surface area contributed by atoms with E-state index in [0.29, 0.717) is 12.5 Å². The van der Waals surface area contributed by atoms with Gasteiger partial charge in [0.1, 0.15) is 11.6 Å². The molecule has 0 bridgehead atoms. The second-order valence-electron chi connectivity index (χ2n) is 8.34. The molecule has 1 fully saturated rings. The fraction of sp³-hybridized carbons (Fsp3) is 0.385. The standard InChI is InChI=1S/C26H32N4O2/c1-3-32-25-10-7-20(15-22(25)18-31)17-30-13-11-21(12-14-30)24-9-8-23(16-27-24)29-26-6-4-5-19(2)28-26/h4-10,15-16,21,31H,3,11-14,17-18H2,1-2H3,(H,28,29). The molecular weight excluding hydrogens is 400 g/mol. The lowest BCUT2D eigenvalue weighted by atomic mass is 9.92. The van der Waals surface area contributed by atoms with Crippen molar-refractivity contribution < 1.29 is 9.84 Å². The van der Waals surface area contributed by atoms with Crippen LogP contribution < -0.4 is 10.1 Å². The number of aliphatic hydroxyl groups is 1. The molecule has 2 aromatic heterocycles. The Morgan fingerprint density at radius 3 is 2.66 bits per heavy atom. The maximum Gasteiger partial charge on any atom is 0.130 e. The van der Waals surface area contributed by atoms with E-state index in [1.54, 1.807) is 0 Å². The number of anilines is 2. The van der Waals surface area contributed by atoms with Gasteiger partial charge in [0.05, 0.1) is 25.1 Å². The molecular formula is C26H32N4O2. The monoisotopic (exact) mass is 432 g/mol. The van der Waals surface area contributed by atoms with Crippen LogP contribution in [-0.2, 0) is 13.2 Å². The lowest BCUT2D eigenvalue weighted by molar-refractivity contribution is 0.203. The summed E-state index contributed by atoms with van der Waals surface area (Å²) in [7, 11) is 0. The van der Waals surface area contributed by atoms with Crippen molar-refractivity contribution in [2.45, 2.75) is 45.8 Å². The molecule has 6 heteroatoms. The maximum absolute atomic E-state index is 9.64. The van der Waals surface area contributed by atoms with Crippen molar-refractivity contribution in [2.24, 2.45) is 0 Å². The van der Waals surface area contributed by atoms with Crippen LogP contribution in [-0.4, -0.2) is 39.7 Å². The first-order valence-electron chi connectivity index (χ1n) is 11.4. The lowest BCUT2D eigenvalue weighted by Gasteiger charge is -2.32. The molecule has 1 aromatic carbocycles. The van der Waals surface area contributed by atoms with Crippen LogP contribution >= 0.6 is 0 Å². The molecule has 1 aliphatic heterocycles. The largest absolute Gasteiger partial charge is 0.494 e. The number of hydrogen-bond acceptors (Lipinski definition) is 6. The van der Waals surface area contributed by atoms with Crippen molar-refractivity contribution in [3.8, 4) is 5.75 Å². The Bertz CT molecular complexity index is 1010. The lowest BCUT2D eigenvalue weighted by Crippen LogP contribution is -2.32. The van der Waals surface area contributed by atoms with Crippen molar-refractivity contribution in [1.29, 1.82) is 0 Å². The van der Waals surface area contributed by atoms with Crippen LogP contribution in [0.5, 0.6) is 5.75 Å². The normalized spacial score (nSPS) is 15.0. The van der Waals surface area contributed by atoms with E-state index in [1.165, 1.54) is 5.56 Å². The SMILES string of the molecule is CCOc1ccc(CN2CCC(c3ccc(Nc4cccc(C)n4)cn3)CC2)cc1CO. The van der Waals surface area contributed by atoms with Crippen molar-refractivity contribution in [1.82, 2.24) is 14.9 Å². The number of nitrogens with one attached hydrogen (secondary N) is 1. The average molecular weight is 433 g/mol. The zero-order chi connectivity index (χ0) is 22.3. The van der Waals surface area contributed by atoms with E-state index in [9.17, 15) is 5.11 Å². The van der Waals surface area contributed by atoms with Gasteiger partial charge in [-0.15, -0.1) is 0 Å². The van der Waals surface area contributed by atoms with Gasteiger partial charge in [-0.3, -0.25) is 9.88 Å². The number of hydrogen-bond donors (Lipinski definition) is 2. The minimum absolute atomic E-state index is 0.00170. The first-order chi connectivity index (χ1) is 15.6. The van der Waals surface area contributed by atoms with Gasteiger partial charge in [0, 0.05) is 29.4 Å². The van der Waals surface area contributed by atoms with E-state index in [4.69, 9.17) is 9.72 Å². The van der Waals surface area contributed by atoms with Crippen LogP contribution in [0.2, 0.25) is 0 Å².